The second-order valence-electron chi connectivity index (χ2n) is 12.2. The number of ketones is 1. The Bertz CT molecular complexity index is 1750. The highest BCUT2D eigenvalue weighted by Crippen LogP contribution is 2.61. The fraction of sp³-hybridized carbons (Fsp3) is 0.263. The summed E-state index contributed by atoms with van der Waals surface area (Å²) < 4.78 is 11.3. The number of carbonyl (C=O) groups excluding carboxylic acids is 4. The molecule has 1 aliphatic heterocycles. The van der Waals surface area contributed by atoms with E-state index in [1.54, 1.807) is 42.5 Å². The zero-order chi connectivity index (χ0) is 31.1. The van der Waals surface area contributed by atoms with E-state index in [1.807, 2.05) is 48.5 Å². The lowest BCUT2D eigenvalue weighted by atomic mass is 9.73. The van der Waals surface area contributed by atoms with Gasteiger partial charge in [-0.25, -0.2) is 4.79 Å². The molecule has 2 bridgehead atoms. The molecule has 0 N–H and O–H groups in total. The van der Waals surface area contributed by atoms with Crippen LogP contribution in [0.4, 0.5) is 5.69 Å². The predicted octanol–water partition coefficient (Wildman–Crippen LogP) is 6.62. The van der Waals surface area contributed by atoms with Gasteiger partial charge in [0.15, 0.2) is 6.10 Å². The number of esters is 1. The summed E-state index contributed by atoms with van der Waals surface area (Å²) >= 11 is 0. The first kappa shape index (κ1) is 28.7. The van der Waals surface area contributed by atoms with Crippen molar-refractivity contribution in [2.24, 2.45) is 23.7 Å². The number of hydrogen-bond donors (Lipinski definition) is 0. The first-order chi connectivity index (χ1) is 21.9. The Hall–Kier alpha value is -5.04. The molecule has 2 aliphatic carbocycles. The summed E-state index contributed by atoms with van der Waals surface area (Å²) in [5.74, 6) is -0.889. The van der Waals surface area contributed by atoms with Crippen LogP contribution in [0, 0.1) is 23.7 Å². The second kappa shape index (κ2) is 11.8. The number of imide groups is 1. The van der Waals surface area contributed by atoms with Crippen LogP contribution in [0.15, 0.2) is 109 Å². The number of Topliss-reactive ketones (excluding diaryl/α,β-unsaturated/α-hetero) is 1. The van der Waals surface area contributed by atoms with Gasteiger partial charge in [0.1, 0.15) is 12.4 Å². The van der Waals surface area contributed by atoms with Crippen molar-refractivity contribution in [3.63, 3.8) is 0 Å². The number of hydrogen-bond acceptors (Lipinski definition) is 6. The third-order valence-corrected chi connectivity index (χ3v) is 9.62. The van der Waals surface area contributed by atoms with Gasteiger partial charge in [0.2, 0.25) is 17.6 Å². The lowest BCUT2D eigenvalue weighted by Crippen LogP contribution is -2.33. The van der Waals surface area contributed by atoms with Crippen LogP contribution in [0.25, 0.3) is 0 Å². The molecular formula is C38H33NO6. The van der Waals surface area contributed by atoms with Gasteiger partial charge in [0, 0.05) is 5.56 Å². The van der Waals surface area contributed by atoms with E-state index in [2.05, 4.69) is 12.1 Å². The number of amides is 2. The van der Waals surface area contributed by atoms with Gasteiger partial charge in [-0.15, -0.1) is 0 Å². The number of carbonyl (C=O) groups is 4. The predicted molar refractivity (Wildman–Crippen MR) is 168 cm³/mol. The molecule has 4 aromatic rings. The van der Waals surface area contributed by atoms with Gasteiger partial charge in [-0.05, 0) is 91.1 Å². The quantitative estimate of drug-likeness (QED) is 0.122. The molecule has 226 valence electrons. The fourth-order valence-corrected chi connectivity index (χ4v) is 7.54. The maximum atomic E-state index is 13.7. The Labute approximate surface area is 261 Å². The molecule has 7 heteroatoms. The van der Waals surface area contributed by atoms with Crippen LogP contribution in [0.1, 0.15) is 57.5 Å². The van der Waals surface area contributed by atoms with Gasteiger partial charge >= 0.3 is 5.97 Å². The molecule has 6 unspecified atom stereocenters. The van der Waals surface area contributed by atoms with Gasteiger partial charge in [-0.3, -0.25) is 19.3 Å². The number of fused-ring (bicyclic) bond motifs is 5. The topological polar surface area (TPSA) is 90.0 Å². The van der Waals surface area contributed by atoms with E-state index in [0.717, 1.165) is 18.4 Å². The average molecular weight is 600 g/mol. The zero-order valence-electron chi connectivity index (χ0n) is 24.9. The van der Waals surface area contributed by atoms with E-state index >= 15 is 0 Å². The molecule has 0 radical (unpaired) electrons. The number of nitrogens with zero attached hydrogens (tertiary/aromatic N) is 1. The minimum atomic E-state index is -1.04. The van der Waals surface area contributed by atoms with Crippen LogP contribution in [0.3, 0.4) is 0 Å². The number of anilines is 1. The molecule has 6 atom stereocenters. The van der Waals surface area contributed by atoms with Crippen LogP contribution >= 0.6 is 0 Å². The molecule has 0 aromatic heterocycles. The van der Waals surface area contributed by atoms with Gasteiger partial charge in [0.05, 0.1) is 23.1 Å². The van der Waals surface area contributed by atoms with Gasteiger partial charge < -0.3 is 9.47 Å². The Morgan fingerprint density at radius 1 is 0.778 bits per heavy atom. The highest BCUT2D eigenvalue weighted by atomic mass is 16.5. The average Bonchev–Trinajstić information content (AvgIpc) is 3.75. The van der Waals surface area contributed by atoms with Gasteiger partial charge in [-0.1, -0.05) is 66.7 Å². The summed E-state index contributed by atoms with van der Waals surface area (Å²) in [5.41, 5.74) is 3.17. The Kier molecular flexibility index (Phi) is 7.53. The van der Waals surface area contributed by atoms with Crippen LogP contribution in [-0.2, 0) is 20.9 Å². The summed E-state index contributed by atoms with van der Waals surface area (Å²) in [6, 6.07) is 33.1. The van der Waals surface area contributed by atoms with Crippen molar-refractivity contribution < 1.29 is 28.7 Å². The first-order valence-electron chi connectivity index (χ1n) is 15.4. The van der Waals surface area contributed by atoms with Crippen molar-refractivity contribution in [3.05, 3.63) is 131 Å². The van der Waals surface area contributed by atoms with Gasteiger partial charge in [0.25, 0.3) is 0 Å². The Morgan fingerprint density at radius 3 is 2.20 bits per heavy atom. The lowest BCUT2D eigenvalue weighted by molar-refractivity contribution is -0.123. The maximum Gasteiger partial charge on any atom is 0.338 e. The fourth-order valence-electron chi connectivity index (χ4n) is 7.54. The SMILES string of the molecule is CC(OC(=O)c1cccc(N2C(=O)C3C4CC(c5ccccc5)C(C4)C3C2=O)c1)C(=O)c1ccc(OCc2ccccc2)cc1. The van der Waals surface area contributed by atoms with Crippen molar-refractivity contribution in [2.45, 2.75) is 38.4 Å². The summed E-state index contributed by atoms with van der Waals surface area (Å²) in [6.45, 7) is 1.93. The van der Waals surface area contributed by atoms with Crippen LogP contribution in [0.2, 0.25) is 0 Å². The van der Waals surface area contributed by atoms with E-state index in [1.165, 1.54) is 23.5 Å². The van der Waals surface area contributed by atoms with Crippen LogP contribution in [0.5, 0.6) is 5.75 Å². The standard InChI is InChI=1S/C38H33NO6/c1-23(35(40)26-15-17-30(18-16-26)44-22-24-9-4-2-5-10-24)45-38(43)27-13-8-14-29(19-27)39-36(41)33-28-20-31(25-11-6-3-7-12-25)32(21-28)34(33)37(39)42/h2-19,23,28,31-34H,20-22H2,1H3. The van der Waals surface area contributed by atoms with E-state index < -0.39 is 12.1 Å². The molecule has 2 amide bonds. The highest BCUT2D eigenvalue weighted by Gasteiger charge is 2.64. The largest absolute Gasteiger partial charge is 0.489 e. The summed E-state index contributed by atoms with van der Waals surface area (Å²) in [7, 11) is 0. The minimum Gasteiger partial charge on any atom is -0.489 e. The first-order valence-corrected chi connectivity index (χ1v) is 15.4. The Morgan fingerprint density at radius 2 is 1.47 bits per heavy atom. The molecule has 0 spiro atoms. The summed E-state index contributed by atoms with van der Waals surface area (Å²) in [4.78, 5) is 54.8. The van der Waals surface area contributed by atoms with Crippen molar-refractivity contribution in [1.29, 1.82) is 0 Å². The maximum absolute atomic E-state index is 13.7. The van der Waals surface area contributed by atoms with E-state index in [4.69, 9.17) is 9.47 Å². The summed E-state index contributed by atoms with van der Waals surface area (Å²) in [5, 5.41) is 0. The molecule has 3 fully saturated rings. The molecule has 1 saturated heterocycles. The molecular weight excluding hydrogens is 566 g/mol. The second-order valence-corrected chi connectivity index (χ2v) is 12.2. The van der Waals surface area contributed by atoms with Crippen molar-refractivity contribution in [2.75, 3.05) is 4.90 Å². The number of rotatable bonds is 9. The molecule has 3 aliphatic rings. The minimum absolute atomic E-state index is 0.133. The number of ether oxygens (including phenoxy) is 2. The third-order valence-electron chi connectivity index (χ3n) is 9.62. The van der Waals surface area contributed by atoms with Crippen LogP contribution < -0.4 is 9.64 Å². The number of benzene rings is 4. The molecule has 4 aromatic carbocycles. The van der Waals surface area contributed by atoms with E-state index in [9.17, 15) is 19.2 Å². The van der Waals surface area contributed by atoms with Gasteiger partial charge in [-0.2, -0.15) is 0 Å². The van der Waals surface area contributed by atoms with E-state index in [-0.39, 0.29) is 52.8 Å². The molecule has 45 heavy (non-hydrogen) atoms. The zero-order valence-corrected chi connectivity index (χ0v) is 24.9. The molecule has 7 nitrogen and oxygen atoms in total. The van der Waals surface area contributed by atoms with Crippen LogP contribution in [-0.4, -0.2) is 29.7 Å². The molecule has 1 heterocycles. The van der Waals surface area contributed by atoms with Crippen molar-refractivity contribution in [3.8, 4) is 5.75 Å². The molecule has 2 saturated carbocycles. The van der Waals surface area contributed by atoms with Crippen molar-refractivity contribution in [1.82, 2.24) is 0 Å². The summed E-state index contributed by atoms with van der Waals surface area (Å²) in [6.07, 6.45) is 0.754. The smallest absolute Gasteiger partial charge is 0.338 e. The normalized spacial score (nSPS) is 23.9. The lowest BCUT2D eigenvalue weighted by Gasteiger charge is -2.28. The monoisotopic (exact) mass is 599 g/mol. The Balaban J connectivity index is 1.00. The highest BCUT2D eigenvalue weighted by molar-refractivity contribution is 6.23. The molecule has 7 rings (SSSR count). The third kappa shape index (κ3) is 5.33. The van der Waals surface area contributed by atoms with E-state index in [0.29, 0.717) is 23.6 Å². The van der Waals surface area contributed by atoms with Crippen molar-refractivity contribution >= 4 is 29.3 Å².